The van der Waals surface area contributed by atoms with Gasteiger partial charge in [0.15, 0.2) is 0 Å². The van der Waals surface area contributed by atoms with E-state index in [0.717, 1.165) is 0 Å². The molecule has 0 saturated heterocycles. The number of hydrogen-bond donors (Lipinski definition) is 1. The van der Waals surface area contributed by atoms with Crippen molar-refractivity contribution in [1.29, 1.82) is 0 Å². The summed E-state index contributed by atoms with van der Waals surface area (Å²) in [6, 6.07) is 7.77. The number of hydrogen-bond acceptors (Lipinski definition) is 3. The molecule has 0 aliphatic heterocycles. The fourth-order valence-electron chi connectivity index (χ4n) is 1.56. The predicted molar refractivity (Wildman–Crippen MR) is 74.2 cm³/mol. The third-order valence-corrected chi connectivity index (χ3v) is 4.89. The molecule has 19 heavy (non-hydrogen) atoms. The summed E-state index contributed by atoms with van der Waals surface area (Å²) in [7, 11) is 0. The molecule has 0 saturated carbocycles. The summed E-state index contributed by atoms with van der Waals surface area (Å²) >= 11 is 10.3. The highest BCUT2D eigenvalue weighted by Crippen LogP contribution is 2.39. The minimum atomic E-state index is -2.94. The van der Waals surface area contributed by atoms with Crippen LogP contribution >= 0.6 is 38.9 Å². The number of aliphatic hydroxyl groups excluding tert-OH is 1. The van der Waals surface area contributed by atoms with Gasteiger partial charge < -0.3 is 9.84 Å². The maximum absolute atomic E-state index is 12.3. The van der Waals surface area contributed by atoms with Crippen molar-refractivity contribution in [3.05, 3.63) is 49.6 Å². The second-order valence-electron chi connectivity index (χ2n) is 3.59. The van der Waals surface area contributed by atoms with Gasteiger partial charge in [0.05, 0.1) is 0 Å². The van der Waals surface area contributed by atoms with Crippen LogP contribution in [0.25, 0.3) is 0 Å². The fourth-order valence-corrected chi connectivity index (χ4v) is 3.30. The maximum Gasteiger partial charge on any atom is 0.387 e. The van der Waals surface area contributed by atoms with E-state index in [1.54, 1.807) is 18.2 Å². The molecule has 0 aliphatic rings. The molecule has 1 unspecified atom stereocenters. The lowest BCUT2D eigenvalue weighted by Gasteiger charge is -2.14. The molecular formula is C12H8BrClF2O2S. The standard InChI is InChI=1S/C12H8BrClF2O2S/c13-7-5-9(19-11(7)14)10(17)6-3-1-2-4-8(6)18-12(15)16/h1-5,10,12,17H. The minimum Gasteiger partial charge on any atom is -0.434 e. The van der Waals surface area contributed by atoms with E-state index < -0.39 is 12.7 Å². The van der Waals surface area contributed by atoms with Crippen LogP contribution in [0.5, 0.6) is 5.75 Å². The molecule has 0 spiro atoms. The van der Waals surface area contributed by atoms with Crippen LogP contribution in [0.4, 0.5) is 8.78 Å². The highest BCUT2D eigenvalue weighted by atomic mass is 79.9. The summed E-state index contributed by atoms with van der Waals surface area (Å²) in [6.45, 7) is -2.94. The number of aliphatic hydroxyl groups is 1. The van der Waals surface area contributed by atoms with Crippen molar-refractivity contribution in [2.24, 2.45) is 0 Å². The van der Waals surface area contributed by atoms with Gasteiger partial charge in [0.25, 0.3) is 0 Å². The third-order valence-electron chi connectivity index (χ3n) is 2.36. The number of benzene rings is 1. The lowest BCUT2D eigenvalue weighted by Crippen LogP contribution is -2.07. The number of halogens is 4. The zero-order valence-corrected chi connectivity index (χ0v) is 12.5. The number of ether oxygens (including phenoxy) is 1. The lowest BCUT2D eigenvalue weighted by molar-refractivity contribution is -0.0512. The van der Waals surface area contributed by atoms with E-state index >= 15 is 0 Å². The summed E-state index contributed by atoms with van der Waals surface area (Å²) in [5.41, 5.74) is 0.271. The molecule has 0 radical (unpaired) electrons. The minimum absolute atomic E-state index is 0.0503. The molecule has 0 aliphatic carbocycles. The Balaban J connectivity index is 2.35. The van der Waals surface area contributed by atoms with Gasteiger partial charge in [0, 0.05) is 14.9 Å². The first kappa shape index (κ1) is 14.7. The Morgan fingerprint density at radius 2 is 2.00 bits per heavy atom. The fraction of sp³-hybridized carbons (Fsp3) is 0.167. The Morgan fingerprint density at radius 3 is 2.58 bits per heavy atom. The highest BCUT2D eigenvalue weighted by Gasteiger charge is 2.20. The van der Waals surface area contributed by atoms with Gasteiger partial charge in [0.1, 0.15) is 16.2 Å². The second kappa shape index (κ2) is 6.17. The van der Waals surface area contributed by atoms with Crippen LogP contribution in [0.15, 0.2) is 34.8 Å². The van der Waals surface area contributed by atoms with Crippen LogP contribution in [0.1, 0.15) is 16.5 Å². The molecule has 0 amide bonds. The van der Waals surface area contributed by atoms with E-state index in [9.17, 15) is 13.9 Å². The zero-order valence-electron chi connectivity index (χ0n) is 9.32. The average molecular weight is 370 g/mol. The smallest absolute Gasteiger partial charge is 0.387 e. The molecule has 2 nitrogen and oxygen atoms in total. The quantitative estimate of drug-likeness (QED) is 0.835. The van der Waals surface area contributed by atoms with Crippen LogP contribution in [0.3, 0.4) is 0 Å². The van der Waals surface area contributed by atoms with Gasteiger partial charge in [-0.2, -0.15) is 8.78 Å². The Kier molecular flexibility index (Phi) is 4.78. The molecule has 1 N–H and O–H groups in total. The number of alkyl halides is 2. The van der Waals surface area contributed by atoms with Crippen LogP contribution in [0.2, 0.25) is 4.34 Å². The zero-order chi connectivity index (χ0) is 14.0. The molecule has 7 heteroatoms. The number of rotatable bonds is 4. The van der Waals surface area contributed by atoms with Crippen molar-refractivity contribution in [1.82, 2.24) is 0 Å². The molecule has 2 aromatic rings. The van der Waals surface area contributed by atoms with Gasteiger partial charge in [-0.3, -0.25) is 0 Å². The van der Waals surface area contributed by atoms with Crippen LogP contribution in [-0.2, 0) is 0 Å². The Morgan fingerprint density at radius 1 is 1.32 bits per heavy atom. The van der Waals surface area contributed by atoms with Crippen molar-refractivity contribution >= 4 is 38.9 Å². The first-order valence-electron chi connectivity index (χ1n) is 5.15. The van der Waals surface area contributed by atoms with Crippen molar-refractivity contribution in [2.75, 3.05) is 0 Å². The van der Waals surface area contributed by atoms with Crippen molar-refractivity contribution in [2.45, 2.75) is 12.7 Å². The molecule has 102 valence electrons. The number of thiophene rings is 1. The van der Waals surface area contributed by atoms with Gasteiger partial charge in [-0.05, 0) is 28.1 Å². The van der Waals surface area contributed by atoms with E-state index in [-0.39, 0.29) is 11.3 Å². The molecule has 2 rings (SSSR count). The molecule has 1 aromatic carbocycles. The lowest BCUT2D eigenvalue weighted by atomic mass is 10.1. The molecule has 0 fully saturated rings. The summed E-state index contributed by atoms with van der Waals surface area (Å²) in [4.78, 5) is 0.544. The van der Waals surface area contributed by atoms with Crippen LogP contribution < -0.4 is 4.74 Å². The van der Waals surface area contributed by atoms with Gasteiger partial charge in [-0.25, -0.2) is 0 Å². The summed E-state index contributed by atoms with van der Waals surface area (Å²) in [5, 5.41) is 10.2. The highest BCUT2D eigenvalue weighted by molar-refractivity contribution is 9.10. The van der Waals surface area contributed by atoms with Gasteiger partial charge >= 0.3 is 6.61 Å². The van der Waals surface area contributed by atoms with Crippen LogP contribution in [-0.4, -0.2) is 11.7 Å². The van der Waals surface area contributed by atoms with Gasteiger partial charge in [-0.15, -0.1) is 11.3 Å². The second-order valence-corrected chi connectivity index (χ2v) is 6.13. The maximum atomic E-state index is 12.3. The SMILES string of the molecule is OC(c1cc(Br)c(Cl)s1)c1ccccc1OC(F)F. The normalized spacial score (nSPS) is 12.7. The summed E-state index contributed by atoms with van der Waals surface area (Å²) < 4.78 is 30.1. The third kappa shape index (κ3) is 3.45. The Labute approximate surface area is 125 Å². The van der Waals surface area contributed by atoms with E-state index in [4.69, 9.17) is 11.6 Å². The topological polar surface area (TPSA) is 29.5 Å². The molecule has 1 aromatic heterocycles. The summed E-state index contributed by atoms with van der Waals surface area (Å²) in [6.07, 6.45) is -1.07. The molecule has 1 atom stereocenters. The first-order valence-corrected chi connectivity index (χ1v) is 7.14. The molecule has 1 heterocycles. The van der Waals surface area contributed by atoms with E-state index in [1.165, 1.54) is 23.5 Å². The van der Waals surface area contributed by atoms with E-state index in [2.05, 4.69) is 20.7 Å². The largest absolute Gasteiger partial charge is 0.434 e. The van der Waals surface area contributed by atoms with Gasteiger partial charge in [0.2, 0.25) is 0 Å². The predicted octanol–water partition coefficient (Wildman–Crippen LogP) is 4.85. The Hall–Kier alpha value is -0.690. The first-order chi connectivity index (χ1) is 8.99. The molecule has 0 bridgehead atoms. The average Bonchev–Trinajstić information content (AvgIpc) is 2.69. The van der Waals surface area contributed by atoms with E-state index in [1.807, 2.05) is 0 Å². The Bertz CT molecular complexity index is 557. The monoisotopic (exact) mass is 368 g/mol. The van der Waals surface area contributed by atoms with Crippen molar-refractivity contribution in [3.8, 4) is 5.75 Å². The van der Waals surface area contributed by atoms with Crippen LogP contribution in [0, 0.1) is 0 Å². The van der Waals surface area contributed by atoms with Gasteiger partial charge in [-0.1, -0.05) is 29.8 Å². The molecular weight excluding hydrogens is 362 g/mol. The van der Waals surface area contributed by atoms with E-state index in [0.29, 0.717) is 13.7 Å². The van der Waals surface area contributed by atoms with Crippen molar-refractivity contribution in [3.63, 3.8) is 0 Å². The number of para-hydroxylation sites is 1. The summed E-state index contributed by atoms with van der Waals surface area (Å²) in [5.74, 6) is -0.0503. The van der Waals surface area contributed by atoms with Crippen molar-refractivity contribution < 1.29 is 18.6 Å².